The summed E-state index contributed by atoms with van der Waals surface area (Å²) in [6.45, 7) is 3.10. The number of carbonyl (C=O) groups is 2. The maximum atomic E-state index is 12.0. The zero-order valence-electron chi connectivity index (χ0n) is 17.3. The molecule has 5 nitrogen and oxygen atoms in total. The lowest BCUT2D eigenvalue weighted by atomic mass is 9.98. The first-order chi connectivity index (χ1) is 13.0. The standard InChI is InChI=1S/C22H38O5/c1-3-4-5-6-7-8-9-10-11-12-13-14-15-20-16-22(17-23,27-21(20)25)18-26-19(2)24/h15,23H,3-14,16-18H2,1-2H3/b20-15-/t22-/m1/s1. The van der Waals surface area contributed by atoms with Crippen molar-refractivity contribution in [2.75, 3.05) is 13.2 Å². The minimum atomic E-state index is -1.11. The van der Waals surface area contributed by atoms with Crippen LogP contribution >= 0.6 is 0 Å². The average molecular weight is 383 g/mol. The minimum Gasteiger partial charge on any atom is -0.462 e. The Labute approximate surface area is 164 Å². The van der Waals surface area contributed by atoms with E-state index in [1.54, 1.807) is 0 Å². The fraction of sp³-hybridized carbons (Fsp3) is 0.818. The van der Waals surface area contributed by atoms with Crippen LogP contribution in [0, 0.1) is 0 Å². The van der Waals surface area contributed by atoms with Gasteiger partial charge >= 0.3 is 11.9 Å². The Morgan fingerprint density at radius 2 is 1.63 bits per heavy atom. The Kier molecular flexibility index (Phi) is 12.1. The van der Waals surface area contributed by atoms with Gasteiger partial charge in [-0.05, 0) is 12.8 Å². The molecule has 0 saturated carbocycles. The van der Waals surface area contributed by atoms with Crippen LogP contribution in [0.1, 0.15) is 97.3 Å². The highest BCUT2D eigenvalue weighted by Crippen LogP contribution is 2.31. The molecule has 1 aliphatic heterocycles. The van der Waals surface area contributed by atoms with E-state index in [0.29, 0.717) is 12.0 Å². The van der Waals surface area contributed by atoms with E-state index in [1.165, 1.54) is 71.1 Å². The highest BCUT2D eigenvalue weighted by Gasteiger charge is 2.44. The molecule has 5 heteroatoms. The molecule has 1 saturated heterocycles. The topological polar surface area (TPSA) is 72.8 Å². The van der Waals surface area contributed by atoms with E-state index in [0.717, 1.165) is 12.8 Å². The van der Waals surface area contributed by atoms with Crippen LogP contribution in [0.15, 0.2) is 11.6 Å². The maximum absolute atomic E-state index is 12.0. The maximum Gasteiger partial charge on any atom is 0.334 e. The molecule has 1 N–H and O–H groups in total. The third-order valence-electron chi connectivity index (χ3n) is 5.11. The van der Waals surface area contributed by atoms with Crippen LogP contribution < -0.4 is 0 Å². The number of hydrogen-bond donors (Lipinski definition) is 1. The third kappa shape index (κ3) is 9.94. The second kappa shape index (κ2) is 13.8. The van der Waals surface area contributed by atoms with Crippen LogP contribution in [0.3, 0.4) is 0 Å². The molecule has 0 bridgehead atoms. The summed E-state index contributed by atoms with van der Waals surface area (Å²) in [5, 5.41) is 9.54. The fourth-order valence-electron chi connectivity index (χ4n) is 3.41. The molecule has 0 amide bonds. The number of unbranched alkanes of at least 4 members (excludes halogenated alkanes) is 11. The van der Waals surface area contributed by atoms with Crippen molar-refractivity contribution in [2.24, 2.45) is 0 Å². The molecule has 0 aromatic heterocycles. The molecule has 0 aromatic carbocycles. The predicted octanol–water partition coefficient (Wildman–Crippen LogP) is 4.86. The summed E-state index contributed by atoms with van der Waals surface area (Å²) in [6.07, 6.45) is 17.3. The summed E-state index contributed by atoms with van der Waals surface area (Å²) < 4.78 is 10.2. The smallest absolute Gasteiger partial charge is 0.334 e. The molecular weight excluding hydrogens is 344 g/mol. The highest BCUT2D eigenvalue weighted by atomic mass is 16.6. The number of ether oxygens (including phenoxy) is 2. The van der Waals surface area contributed by atoms with E-state index in [9.17, 15) is 14.7 Å². The molecule has 27 heavy (non-hydrogen) atoms. The molecular formula is C22H38O5. The quantitative estimate of drug-likeness (QED) is 0.249. The lowest BCUT2D eigenvalue weighted by molar-refractivity contribution is -0.164. The van der Waals surface area contributed by atoms with Gasteiger partial charge in [0.05, 0.1) is 6.61 Å². The molecule has 0 unspecified atom stereocenters. The van der Waals surface area contributed by atoms with Crippen LogP contribution in [-0.2, 0) is 19.1 Å². The summed E-state index contributed by atoms with van der Waals surface area (Å²) in [6, 6.07) is 0. The van der Waals surface area contributed by atoms with E-state index in [2.05, 4.69) is 6.92 Å². The fourth-order valence-corrected chi connectivity index (χ4v) is 3.41. The van der Waals surface area contributed by atoms with Crippen LogP contribution in [-0.4, -0.2) is 35.9 Å². The Balaban J connectivity index is 2.13. The monoisotopic (exact) mass is 382 g/mol. The largest absolute Gasteiger partial charge is 0.462 e. The minimum absolute atomic E-state index is 0.0969. The molecule has 0 aliphatic carbocycles. The summed E-state index contributed by atoms with van der Waals surface area (Å²) in [7, 11) is 0. The van der Waals surface area contributed by atoms with Crippen molar-refractivity contribution in [3.8, 4) is 0 Å². The van der Waals surface area contributed by atoms with E-state index in [1.807, 2.05) is 6.08 Å². The van der Waals surface area contributed by atoms with Crippen molar-refractivity contribution in [3.63, 3.8) is 0 Å². The Bertz CT molecular complexity index is 471. The predicted molar refractivity (Wildman–Crippen MR) is 106 cm³/mol. The Morgan fingerprint density at radius 3 is 2.15 bits per heavy atom. The first-order valence-electron chi connectivity index (χ1n) is 10.7. The molecule has 1 heterocycles. The first kappa shape index (κ1) is 23.7. The van der Waals surface area contributed by atoms with Crippen molar-refractivity contribution in [1.29, 1.82) is 0 Å². The van der Waals surface area contributed by atoms with Gasteiger partial charge in [-0.2, -0.15) is 0 Å². The van der Waals surface area contributed by atoms with Gasteiger partial charge in [-0.1, -0.05) is 77.2 Å². The van der Waals surface area contributed by atoms with Gasteiger partial charge in [0, 0.05) is 18.9 Å². The van der Waals surface area contributed by atoms with Crippen molar-refractivity contribution in [3.05, 3.63) is 11.6 Å². The molecule has 1 atom stereocenters. The molecule has 156 valence electrons. The van der Waals surface area contributed by atoms with Crippen molar-refractivity contribution < 1.29 is 24.2 Å². The molecule has 1 fully saturated rings. The van der Waals surface area contributed by atoms with Gasteiger partial charge in [-0.15, -0.1) is 0 Å². The molecule has 1 rings (SSSR count). The SMILES string of the molecule is CCCCCCCCCCCCC/C=C1/C[C@@](CO)(COC(C)=O)OC1=O. The normalized spacial score (nSPS) is 20.9. The number of cyclic esters (lactones) is 1. The van der Waals surface area contributed by atoms with Crippen molar-refractivity contribution in [1.82, 2.24) is 0 Å². The van der Waals surface area contributed by atoms with Gasteiger partial charge < -0.3 is 14.6 Å². The van der Waals surface area contributed by atoms with Crippen molar-refractivity contribution >= 4 is 11.9 Å². The van der Waals surface area contributed by atoms with Crippen LogP contribution in [0.2, 0.25) is 0 Å². The number of rotatable bonds is 15. The first-order valence-corrected chi connectivity index (χ1v) is 10.7. The molecule has 0 aromatic rings. The van der Waals surface area contributed by atoms with Gasteiger partial charge in [0.2, 0.25) is 0 Å². The van der Waals surface area contributed by atoms with Gasteiger partial charge in [-0.3, -0.25) is 4.79 Å². The Hall–Kier alpha value is -1.36. The number of aliphatic hydroxyl groups is 1. The summed E-state index contributed by atoms with van der Waals surface area (Å²) >= 11 is 0. The molecule has 0 radical (unpaired) electrons. The average Bonchev–Trinajstić information content (AvgIpc) is 2.97. The lowest BCUT2D eigenvalue weighted by Crippen LogP contribution is -2.39. The summed E-state index contributed by atoms with van der Waals surface area (Å²) in [5.74, 6) is -0.850. The lowest BCUT2D eigenvalue weighted by Gasteiger charge is -2.23. The van der Waals surface area contributed by atoms with Gasteiger partial charge in [-0.25, -0.2) is 4.79 Å². The van der Waals surface area contributed by atoms with Crippen LogP contribution in [0.5, 0.6) is 0 Å². The Morgan fingerprint density at radius 1 is 1.07 bits per heavy atom. The third-order valence-corrected chi connectivity index (χ3v) is 5.11. The number of esters is 2. The molecule has 1 aliphatic rings. The van der Waals surface area contributed by atoms with E-state index in [-0.39, 0.29) is 13.2 Å². The number of allylic oxidation sites excluding steroid dienone is 1. The van der Waals surface area contributed by atoms with E-state index >= 15 is 0 Å². The highest BCUT2D eigenvalue weighted by molar-refractivity contribution is 5.91. The number of aliphatic hydroxyl groups excluding tert-OH is 1. The zero-order valence-corrected chi connectivity index (χ0v) is 17.3. The summed E-state index contributed by atoms with van der Waals surface area (Å²) in [5.41, 5.74) is -0.519. The number of carbonyl (C=O) groups excluding carboxylic acids is 2. The second-order valence-electron chi connectivity index (χ2n) is 7.74. The van der Waals surface area contributed by atoms with Gasteiger partial charge in [0.1, 0.15) is 6.61 Å². The van der Waals surface area contributed by atoms with Gasteiger partial charge in [0.15, 0.2) is 5.60 Å². The number of hydrogen-bond acceptors (Lipinski definition) is 5. The molecule has 0 spiro atoms. The summed E-state index contributed by atoms with van der Waals surface area (Å²) in [4.78, 5) is 22.9. The van der Waals surface area contributed by atoms with E-state index < -0.39 is 17.5 Å². The van der Waals surface area contributed by atoms with Crippen LogP contribution in [0.25, 0.3) is 0 Å². The van der Waals surface area contributed by atoms with Gasteiger partial charge in [0.25, 0.3) is 0 Å². The second-order valence-corrected chi connectivity index (χ2v) is 7.74. The van der Waals surface area contributed by atoms with Crippen LogP contribution in [0.4, 0.5) is 0 Å². The van der Waals surface area contributed by atoms with Crippen molar-refractivity contribution in [2.45, 2.75) is 103 Å². The zero-order chi connectivity index (χ0) is 20.0. The van der Waals surface area contributed by atoms with E-state index in [4.69, 9.17) is 9.47 Å².